The molecule has 1 heterocycles. The first kappa shape index (κ1) is 18.7. The summed E-state index contributed by atoms with van der Waals surface area (Å²) in [5.74, 6) is -1.39. The third-order valence-electron chi connectivity index (χ3n) is 5.45. The van der Waals surface area contributed by atoms with Gasteiger partial charge in [-0.05, 0) is 56.4 Å². The molecular formula is C19H23ClN2O4. The van der Waals surface area contributed by atoms with E-state index in [0.717, 1.165) is 25.7 Å². The predicted molar refractivity (Wildman–Crippen MR) is 97.0 cm³/mol. The van der Waals surface area contributed by atoms with Gasteiger partial charge in [-0.1, -0.05) is 24.4 Å². The van der Waals surface area contributed by atoms with Crippen LogP contribution in [0, 0.1) is 5.92 Å². The summed E-state index contributed by atoms with van der Waals surface area (Å²) >= 11 is 5.91. The number of hydrogen-bond donors (Lipinski definition) is 2. The van der Waals surface area contributed by atoms with E-state index in [2.05, 4.69) is 5.32 Å². The molecule has 0 aromatic heterocycles. The van der Waals surface area contributed by atoms with Crippen molar-refractivity contribution in [2.45, 2.75) is 57.2 Å². The van der Waals surface area contributed by atoms with Gasteiger partial charge >= 0.3 is 5.97 Å². The van der Waals surface area contributed by atoms with Crippen molar-refractivity contribution in [3.8, 4) is 0 Å². The van der Waals surface area contributed by atoms with Gasteiger partial charge in [0, 0.05) is 16.6 Å². The van der Waals surface area contributed by atoms with Gasteiger partial charge in [0.05, 0.1) is 0 Å². The maximum atomic E-state index is 13.1. The molecule has 3 unspecified atom stereocenters. The van der Waals surface area contributed by atoms with Crippen LogP contribution in [0.15, 0.2) is 24.3 Å². The van der Waals surface area contributed by atoms with Crippen molar-refractivity contribution in [3.05, 3.63) is 34.9 Å². The summed E-state index contributed by atoms with van der Waals surface area (Å²) in [6.45, 7) is 1.42. The second-order valence-corrected chi connectivity index (χ2v) is 7.59. The van der Waals surface area contributed by atoms with E-state index in [1.165, 1.54) is 6.92 Å². The first-order chi connectivity index (χ1) is 12.4. The summed E-state index contributed by atoms with van der Waals surface area (Å²) in [7, 11) is 0. The van der Waals surface area contributed by atoms with Crippen molar-refractivity contribution < 1.29 is 19.5 Å². The van der Waals surface area contributed by atoms with Gasteiger partial charge in [0.2, 0.25) is 5.91 Å². The first-order valence-electron chi connectivity index (χ1n) is 9.00. The second-order valence-electron chi connectivity index (χ2n) is 7.15. The number of nitrogens with zero attached hydrogens (tertiary/aromatic N) is 1. The molecule has 1 saturated carbocycles. The maximum Gasteiger partial charge on any atom is 0.325 e. The average Bonchev–Trinajstić information content (AvgIpc) is 3.01. The number of benzene rings is 1. The molecular weight excluding hydrogens is 356 g/mol. The highest BCUT2D eigenvalue weighted by Crippen LogP contribution is 2.40. The Morgan fingerprint density at radius 3 is 2.50 bits per heavy atom. The zero-order valence-corrected chi connectivity index (χ0v) is 15.4. The average molecular weight is 379 g/mol. The monoisotopic (exact) mass is 378 g/mol. The van der Waals surface area contributed by atoms with Crippen LogP contribution in [0.1, 0.15) is 49.4 Å². The number of likely N-dealkylation sites (tertiary alicyclic amines) is 1. The van der Waals surface area contributed by atoms with E-state index in [9.17, 15) is 14.4 Å². The minimum atomic E-state index is -1.09. The van der Waals surface area contributed by atoms with Gasteiger partial charge < -0.3 is 15.3 Å². The highest BCUT2D eigenvalue weighted by molar-refractivity contribution is 6.30. The Morgan fingerprint density at radius 2 is 1.85 bits per heavy atom. The van der Waals surface area contributed by atoms with Crippen LogP contribution in [-0.4, -0.2) is 45.9 Å². The molecule has 1 aliphatic heterocycles. The fourth-order valence-corrected chi connectivity index (χ4v) is 4.23. The highest BCUT2D eigenvalue weighted by atomic mass is 35.5. The molecule has 2 N–H and O–H groups in total. The van der Waals surface area contributed by atoms with Crippen LogP contribution in [0.4, 0.5) is 0 Å². The van der Waals surface area contributed by atoms with Crippen LogP contribution in [0.3, 0.4) is 0 Å². The van der Waals surface area contributed by atoms with Gasteiger partial charge in [-0.3, -0.25) is 14.4 Å². The summed E-state index contributed by atoms with van der Waals surface area (Å²) in [6.07, 6.45) is 4.59. The lowest BCUT2D eigenvalue weighted by Crippen LogP contribution is -2.52. The minimum absolute atomic E-state index is 0.0304. The maximum absolute atomic E-state index is 13.1. The quantitative estimate of drug-likeness (QED) is 0.843. The lowest BCUT2D eigenvalue weighted by atomic mass is 9.84. The van der Waals surface area contributed by atoms with Crippen LogP contribution < -0.4 is 5.32 Å². The summed E-state index contributed by atoms with van der Waals surface area (Å²) in [5.41, 5.74) is 0.490. The lowest BCUT2D eigenvalue weighted by molar-refractivity contribution is -0.141. The van der Waals surface area contributed by atoms with Crippen LogP contribution in [0.2, 0.25) is 5.02 Å². The third kappa shape index (κ3) is 3.70. The van der Waals surface area contributed by atoms with Crippen LogP contribution in [0.5, 0.6) is 0 Å². The molecule has 1 aromatic carbocycles. The zero-order chi connectivity index (χ0) is 18.8. The molecule has 7 heteroatoms. The van der Waals surface area contributed by atoms with Crippen molar-refractivity contribution in [3.63, 3.8) is 0 Å². The Kier molecular flexibility index (Phi) is 5.51. The number of carbonyl (C=O) groups is 3. The van der Waals surface area contributed by atoms with E-state index in [0.29, 0.717) is 17.0 Å². The number of nitrogens with one attached hydrogen (secondary N) is 1. The van der Waals surface area contributed by atoms with Crippen molar-refractivity contribution >= 4 is 29.4 Å². The van der Waals surface area contributed by atoms with Crippen LogP contribution in [-0.2, 0) is 9.59 Å². The molecule has 26 heavy (non-hydrogen) atoms. The topological polar surface area (TPSA) is 86.7 Å². The first-order valence-corrected chi connectivity index (χ1v) is 9.37. The van der Waals surface area contributed by atoms with Crippen molar-refractivity contribution in [2.75, 3.05) is 0 Å². The van der Waals surface area contributed by atoms with E-state index < -0.39 is 24.0 Å². The number of halogens is 1. The Morgan fingerprint density at radius 1 is 1.19 bits per heavy atom. The van der Waals surface area contributed by atoms with Gasteiger partial charge in [-0.15, -0.1) is 0 Å². The normalized spacial score (nSPS) is 26.1. The van der Waals surface area contributed by atoms with Crippen LogP contribution >= 0.6 is 11.6 Å². The fraction of sp³-hybridized carbons (Fsp3) is 0.526. The minimum Gasteiger partial charge on any atom is -0.480 e. The molecule has 1 aliphatic carbocycles. The molecule has 3 rings (SSSR count). The van der Waals surface area contributed by atoms with E-state index in [1.54, 1.807) is 29.2 Å². The predicted octanol–water partition coefficient (Wildman–Crippen LogP) is 2.70. The number of amides is 2. The molecule has 4 atom stereocenters. The Bertz CT molecular complexity index is 706. The molecule has 1 aromatic rings. The largest absolute Gasteiger partial charge is 0.480 e. The Labute approximate surface area is 157 Å². The van der Waals surface area contributed by atoms with Gasteiger partial charge in [-0.2, -0.15) is 0 Å². The molecule has 2 amide bonds. The van der Waals surface area contributed by atoms with Gasteiger partial charge in [0.25, 0.3) is 5.91 Å². The van der Waals surface area contributed by atoms with E-state index in [1.807, 2.05) is 0 Å². The third-order valence-corrected chi connectivity index (χ3v) is 5.70. The molecule has 1 saturated heterocycles. The van der Waals surface area contributed by atoms with Gasteiger partial charge in [-0.25, -0.2) is 0 Å². The number of carboxylic acid groups (broad SMARTS) is 1. The van der Waals surface area contributed by atoms with Crippen molar-refractivity contribution in [2.24, 2.45) is 5.92 Å². The molecule has 0 radical (unpaired) electrons. The van der Waals surface area contributed by atoms with Gasteiger partial charge in [0.15, 0.2) is 0 Å². The summed E-state index contributed by atoms with van der Waals surface area (Å²) in [4.78, 5) is 38.6. The smallest absolute Gasteiger partial charge is 0.325 e. The molecule has 2 fully saturated rings. The summed E-state index contributed by atoms with van der Waals surface area (Å²) < 4.78 is 0. The highest BCUT2D eigenvalue weighted by Gasteiger charge is 2.47. The van der Waals surface area contributed by atoms with E-state index >= 15 is 0 Å². The zero-order valence-electron chi connectivity index (χ0n) is 14.7. The van der Waals surface area contributed by atoms with Crippen molar-refractivity contribution in [1.29, 1.82) is 0 Å². The number of carboxylic acids is 1. The Balaban J connectivity index is 1.86. The number of hydrogen-bond acceptors (Lipinski definition) is 3. The number of fused-ring (bicyclic) bond motifs is 1. The van der Waals surface area contributed by atoms with Crippen LogP contribution in [0.25, 0.3) is 0 Å². The molecule has 140 valence electrons. The standard InChI is InChI=1S/C19H23ClN2O4/c1-11(19(25)26)21-17(23)16-10-13-4-2-3-5-15(13)22(16)18(24)12-6-8-14(20)9-7-12/h6-9,11,13,15-16H,2-5,10H2,1H3,(H,21,23)(H,25,26)/t11-,13?,15?,16?/m0/s1. The number of rotatable bonds is 4. The van der Waals surface area contributed by atoms with Gasteiger partial charge in [0.1, 0.15) is 12.1 Å². The molecule has 0 bridgehead atoms. The molecule has 0 spiro atoms. The summed E-state index contributed by atoms with van der Waals surface area (Å²) in [6, 6.07) is 5.05. The fourth-order valence-electron chi connectivity index (χ4n) is 4.10. The summed E-state index contributed by atoms with van der Waals surface area (Å²) in [5, 5.41) is 12.1. The lowest BCUT2D eigenvalue weighted by Gasteiger charge is -2.33. The molecule has 2 aliphatic rings. The van der Waals surface area contributed by atoms with E-state index in [4.69, 9.17) is 16.7 Å². The van der Waals surface area contributed by atoms with Crippen molar-refractivity contribution in [1.82, 2.24) is 10.2 Å². The Hall–Kier alpha value is -2.08. The second kappa shape index (κ2) is 7.66. The van der Waals surface area contributed by atoms with E-state index in [-0.39, 0.29) is 17.9 Å². The number of aliphatic carboxylic acids is 1. The number of carbonyl (C=O) groups excluding carboxylic acids is 2. The SMILES string of the molecule is C[C@H](NC(=O)C1CC2CCCCC2N1C(=O)c1ccc(Cl)cc1)C(=O)O. The molecule has 6 nitrogen and oxygen atoms in total.